The lowest BCUT2D eigenvalue weighted by Gasteiger charge is -2.29. The summed E-state index contributed by atoms with van der Waals surface area (Å²) >= 11 is 0. The molecule has 0 rings (SSSR count). The lowest BCUT2D eigenvalue weighted by atomic mass is 10.1. The van der Waals surface area contributed by atoms with Gasteiger partial charge in [0.25, 0.3) is 0 Å². The summed E-state index contributed by atoms with van der Waals surface area (Å²) in [4.78, 5) is 11.9. The molecular weight excluding hydrogens is 334 g/mol. The average molecular weight is 385 g/mol. The molecule has 0 aliphatic carbocycles. The third-order valence-corrected chi connectivity index (χ3v) is 5.56. The van der Waals surface area contributed by atoms with Crippen molar-refractivity contribution in [1.82, 2.24) is 0 Å². The zero-order valence-electron chi connectivity index (χ0n) is 19.2. The number of hydrogen-bond donors (Lipinski definition) is 0. The van der Waals surface area contributed by atoms with Crippen molar-refractivity contribution in [3.63, 3.8) is 0 Å². The van der Waals surface area contributed by atoms with Gasteiger partial charge in [-0.05, 0) is 19.3 Å². The molecule has 3 nitrogen and oxygen atoms in total. The molecule has 0 amide bonds. The van der Waals surface area contributed by atoms with Crippen molar-refractivity contribution >= 4 is 5.97 Å². The first kappa shape index (κ1) is 26.4. The summed E-state index contributed by atoms with van der Waals surface area (Å²) in [6.45, 7) is 7.20. The van der Waals surface area contributed by atoms with Crippen LogP contribution in [0.25, 0.3) is 0 Å². The van der Waals surface area contributed by atoms with Gasteiger partial charge in [0.05, 0.1) is 20.6 Å². The van der Waals surface area contributed by atoms with Crippen molar-refractivity contribution in [3.8, 4) is 0 Å². The van der Waals surface area contributed by atoms with E-state index in [0.717, 1.165) is 17.4 Å². The Hall–Kier alpha value is -0.570. The predicted octanol–water partition coefficient (Wildman–Crippen LogP) is 6.89. The number of hydrogen-bond acceptors (Lipinski definition) is 2. The van der Waals surface area contributed by atoms with Gasteiger partial charge in [0.2, 0.25) is 0 Å². The highest BCUT2D eigenvalue weighted by molar-refractivity contribution is 5.69. The van der Waals surface area contributed by atoms with Gasteiger partial charge in [-0.1, -0.05) is 90.9 Å². The number of ether oxygens (including phenoxy) is 1. The standard InChI is InChI=1S/C24H50NO2/c1-5-7-9-11-13-14-15-16-18-20-24(26)27-23-22-25(3,4)21-19-17-12-10-8-6-2/h5-23H2,1-4H3/q+1. The quantitative estimate of drug-likeness (QED) is 0.130. The molecule has 0 saturated carbocycles. The van der Waals surface area contributed by atoms with Crippen LogP contribution >= 0.6 is 0 Å². The highest BCUT2D eigenvalue weighted by Gasteiger charge is 2.15. The molecule has 27 heavy (non-hydrogen) atoms. The topological polar surface area (TPSA) is 26.3 Å². The molecule has 0 spiro atoms. The van der Waals surface area contributed by atoms with Gasteiger partial charge in [-0.15, -0.1) is 0 Å². The Kier molecular flexibility index (Phi) is 18.4. The maximum atomic E-state index is 11.9. The Bertz CT molecular complexity index is 328. The van der Waals surface area contributed by atoms with E-state index in [0.29, 0.717) is 13.0 Å². The predicted molar refractivity (Wildman–Crippen MR) is 118 cm³/mol. The van der Waals surface area contributed by atoms with Crippen molar-refractivity contribution in [3.05, 3.63) is 0 Å². The van der Waals surface area contributed by atoms with Crippen molar-refractivity contribution in [1.29, 1.82) is 0 Å². The number of nitrogens with zero attached hydrogens (tertiary/aromatic N) is 1. The van der Waals surface area contributed by atoms with Crippen LogP contribution < -0.4 is 0 Å². The molecule has 0 heterocycles. The summed E-state index contributed by atoms with van der Waals surface area (Å²) in [5, 5.41) is 0. The van der Waals surface area contributed by atoms with Gasteiger partial charge < -0.3 is 9.22 Å². The lowest BCUT2D eigenvalue weighted by Crippen LogP contribution is -2.43. The van der Waals surface area contributed by atoms with Crippen molar-refractivity contribution in [2.75, 3.05) is 33.8 Å². The molecule has 0 N–H and O–H groups in total. The molecule has 0 aliphatic heterocycles. The van der Waals surface area contributed by atoms with E-state index in [1.54, 1.807) is 0 Å². The van der Waals surface area contributed by atoms with E-state index in [9.17, 15) is 4.79 Å². The highest BCUT2D eigenvalue weighted by Crippen LogP contribution is 2.11. The fraction of sp³-hybridized carbons (Fsp3) is 0.958. The Morgan fingerprint density at radius 2 is 1.07 bits per heavy atom. The molecule has 162 valence electrons. The molecule has 0 aliphatic rings. The summed E-state index contributed by atoms with van der Waals surface area (Å²) in [6, 6.07) is 0. The van der Waals surface area contributed by atoms with Gasteiger partial charge in [-0.25, -0.2) is 0 Å². The van der Waals surface area contributed by atoms with E-state index in [1.165, 1.54) is 96.4 Å². The second kappa shape index (κ2) is 18.8. The van der Waals surface area contributed by atoms with E-state index < -0.39 is 0 Å². The summed E-state index contributed by atoms with van der Waals surface area (Å²) < 4.78 is 6.41. The minimum Gasteiger partial charge on any atom is -0.460 e. The molecule has 0 aromatic carbocycles. The third kappa shape index (κ3) is 20.0. The Labute approximate surface area is 170 Å². The van der Waals surface area contributed by atoms with Crippen molar-refractivity contribution in [2.45, 2.75) is 117 Å². The molecule has 0 aromatic rings. The molecular formula is C24H50NO2+. The zero-order valence-corrected chi connectivity index (χ0v) is 19.2. The van der Waals surface area contributed by atoms with E-state index in [-0.39, 0.29) is 5.97 Å². The van der Waals surface area contributed by atoms with Crippen LogP contribution in [-0.4, -0.2) is 44.2 Å². The van der Waals surface area contributed by atoms with Crippen LogP contribution in [0.3, 0.4) is 0 Å². The smallest absolute Gasteiger partial charge is 0.305 e. The number of likely N-dealkylation sites (N-methyl/N-ethyl adjacent to an activating group) is 1. The molecule has 0 radical (unpaired) electrons. The average Bonchev–Trinajstić information content (AvgIpc) is 2.63. The first-order valence-corrected chi connectivity index (χ1v) is 12.0. The van der Waals surface area contributed by atoms with Crippen LogP contribution in [0.15, 0.2) is 0 Å². The van der Waals surface area contributed by atoms with Crippen LogP contribution in [0.2, 0.25) is 0 Å². The molecule has 0 saturated heterocycles. The van der Waals surface area contributed by atoms with Crippen LogP contribution in [-0.2, 0) is 9.53 Å². The van der Waals surface area contributed by atoms with E-state index >= 15 is 0 Å². The van der Waals surface area contributed by atoms with Gasteiger partial charge in [0, 0.05) is 6.42 Å². The number of carbonyl (C=O) groups excluding carboxylic acids is 1. The van der Waals surface area contributed by atoms with Crippen molar-refractivity contribution in [2.24, 2.45) is 0 Å². The fourth-order valence-electron chi connectivity index (χ4n) is 3.49. The molecule has 3 heteroatoms. The summed E-state index contributed by atoms with van der Waals surface area (Å²) in [5.41, 5.74) is 0. The van der Waals surface area contributed by atoms with E-state index in [2.05, 4.69) is 27.9 Å². The zero-order chi connectivity index (χ0) is 20.2. The van der Waals surface area contributed by atoms with Gasteiger partial charge >= 0.3 is 5.97 Å². The van der Waals surface area contributed by atoms with Crippen LogP contribution in [0, 0.1) is 0 Å². The van der Waals surface area contributed by atoms with Crippen LogP contribution in [0.1, 0.15) is 117 Å². The van der Waals surface area contributed by atoms with Crippen LogP contribution in [0.5, 0.6) is 0 Å². The largest absolute Gasteiger partial charge is 0.460 e. The maximum Gasteiger partial charge on any atom is 0.305 e. The summed E-state index contributed by atoms with van der Waals surface area (Å²) in [7, 11) is 4.50. The first-order chi connectivity index (χ1) is 13.0. The van der Waals surface area contributed by atoms with E-state index in [4.69, 9.17) is 4.74 Å². The SMILES string of the molecule is CCCCCCCCCCCC(=O)OCC[N+](C)(C)CCCCCCCC. The molecule has 0 unspecified atom stereocenters. The normalized spacial score (nSPS) is 11.7. The first-order valence-electron chi connectivity index (χ1n) is 12.0. The summed E-state index contributed by atoms with van der Waals surface area (Å²) in [6.07, 6.45) is 20.2. The Morgan fingerprint density at radius 3 is 1.59 bits per heavy atom. The van der Waals surface area contributed by atoms with Gasteiger partial charge in [0.15, 0.2) is 0 Å². The van der Waals surface area contributed by atoms with E-state index in [1.807, 2.05) is 0 Å². The number of esters is 1. The fourth-order valence-corrected chi connectivity index (χ4v) is 3.49. The Balaban J connectivity index is 3.47. The minimum atomic E-state index is -0.00230. The highest BCUT2D eigenvalue weighted by atomic mass is 16.5. The molecule has 0 atom stereocenters. The second-order valence-corrected chi connectivity index (χ2v) is 8.95. The monoisotopic (exact) mass is 384 g/mol. The summed E-state index contributed by atoms with van der Waals surface area (Å²) in [5.74, 6) is -0.00230. The van der Waals surface area contributed by atoms with Gasteiger partial charge in [0.1, 0.15) is 13.2 Å². The minimum absolute atomic E-state index is 0.00230. The molecule has 0 aromatic heterocycles. The molecule has 0 fully saturated rings. The van der Waals surface area contributed by atoms with Crippen LogP contribution in [0.4, 0.5) is 0 Å². The van der Waals surface area contributed by atoms with Crippen molar-refractivity contribution < 1.29 is 14.0 Å². The second-order valence-electron chi connectivity index (χ2n) is 8.95. The lowest BCUT2D eigenvalue weighted by molar-refractivity contribution is -0.890. The van der Waals surface area contributed by atoms with Gasteiger partial charge in [-0.3, -0.25) is 4.79 Å². The number of quaternary nitrogens is 1. The van der Waals surface area contributed by atoms with Gasteiger partial charge in [-0.2, -0.15) is 0 Å². The number of rotatable bonds is 20. The number of unbranched alkanes of at least 4 members (excludes halogenated alkanes) is 13. The molecule has 0 bridgehead atoms. The number of carbonyl (C=O) groups is 1. The maximum absolute atomic E-state index is 11.9. The third-order valence-electron chi connectivity index (χ3n) is 5.56. The Morgan fingerprint density at radius 1 is 0.630 bits per heavy atom.